The molecule has 0 spiro atoms. The van der Waals surface area contributed by atoms with Gasteiger partial charge >= 0.3 is 0 Å². The minimum atomic E-state index is -0.443. The fourth-order valence-corrected chi connectivity index (χ4v) is 3.52. The summed E-state index contributed by atoms with van der Waals surface area (Å²) in [7, 11) is 0. The minimum Gasteiger partial charge on any atom is -0.379 e. The number of nitro benzene ring substituents is 1. The fourth-order valence-electron chi connectivity index (χ4n) is 2.44. The second-order valence-electron chi connectivity index (χ2n) is 5.62. The number of aromatic nitrogens is 1. The molecule has 0 unspecified atom stereocenters. The van der Waals surface area contributed by atoms with Gasteiger partial charge in [0.15, 0.2) is 5.13 Å². The molecule has 1 N–H and O–H groups in total. The number of non-ortho nitro benzene ring substituents is 1. The van der Waals surface area contributed by atoms with Crippen LogP contribution in [-0.4, -0.2) is 15.8 Å². The van der Waals surface area contributed by atoms with Crippen molar-refractivity contribution in [3.63, 3.8) is 0 Å². The fraction of sp³-hybridized carbons (Fsp3) is 0.111. The lowest BCUT2D eigenvalue weighted by atomic mass is 10.3. The first-order valence-corrected chi connectivity index (χ1v) is 9.19. The topological polar surface area (TPSA) is 88.4 Å². The zero-order chi connectivity index (χ0) is 19.4. The smallest absolute Gasteiger partial charge is 0.271 e. The standard InChI is InChI=1S/C18H15ClN4O3S/c1-12(24)22(16-6-2-4-13(19)8-16)18-21-15(11-27-18)10-20-14-5-3-7-17(9-14)23(25)26/h2-9,11,20H,10H2,1H3. The molecule has 0 saturated carbocycles. The summed E-state index contributed by atoms with van der Waals surface area (Å²) in [6.45, 7) is 1.84. The number of halogens is 1. The number of nitrogens with one attached hydrogen (secondary N) is 1. The zero-order valence-corrected chi connectivity index (χ0v) is 15.8. The number of carbonyl (C=O) groups excluding carboxylic acids is 1. The normalized spacial score (nSPS) is 10.4. The molecule has 138 valence electrons. The molecule has 0 saturated heterocycles. The number of anilines is 3. The van der Waals surface area contributed by atoms with Crippen molar-refractivity contribution in [2.75, 3.05) is 10.2 Å². The van der Waals surface area contributed by atoms with Crippen LogP contribution in [0, 0.1) is 10.1 Å². The van der Waals surface area contributed by atoms with Gasteiger partial charge < -0.3 is 5.32 Å². The summed E-state index contributed by atoms with van der Waals surface area (Å²) < 4.78 is 0. The van der Waals surface area contributed by atoms with E-state index in [4.69, 9.17) is 11.6 Å². The molecule has 0 atom stereocenters. The maximum absolute atomic E-state index is 12.1. The quantitative estimate of drug-likeness (QED) is 0.463. The van der Waals surface area contributed by atoms with Gasteiger partial charge in [-0.25, -0.2) is 4.98 Å². The van der Waals surface area contributed by atoms with E-state index >= 15 is 0 Å². The highest BCUT2D eigenvalue weighted by molar-refractivity contribution is 7.14. The summed E-state index contributed by atoms with van der Waals surface area (Å²) >= 11 is 7.36. The van der Waals surface area contributed by atoms with Gasteiger partial charge in [-0.05, 0) is 24.3 Å². The van der Waals surface area contributed by atoms with Crippen molar-refractivity contribution in [3.8, 4) is 0 Å². The third-order valence-electron chi connectivity index (χ3n) is 3.64. The lowest BCUT2D eigenvalue weighted by Gasteiger charge is -2.18. The Hall–Kier alpha value is -2.97. The van der Waals surface area contributed by atoms with Gasteiger partial charge in [0.2, 0.25) is 5.91 Å². The Kier molecular flexibility index (Phi) is 5.68. The minimum absolute atomic E-state index is 0.0164. The van der Waals surface area contributed by atoms with Crippen molar-refractivity contribution < 1.29 is 9.72 Å². The van der Waals surface area contributed by atoms with Crippen LogP contribution in [0.3, 0.4) is 0 Å². The van der Waals surface area contributed by atoms with E-state index in [-0.39, 0.29) is 11.6 Å². The molecule has 0 aliphatic carbocycles. The highest BCUT2D eigenvalue weighted by atomic mass is 35.5. The highest BCUT2D eigenvalue weighted by Gasteiger charge is 2.18. The zero-order valence-electron chi connectivity index (χ0n) is 14.3. The molecule has 9 heteroatoms. The first-order chi connectivity index (χ1) is 12.9. The number of carbonyl (C=O) groups is 1. The van der Waals surface area contributed by atoms with E-state index in [0.29, 0.717) is 28.1 Å². The summed E-state index contributed by atoms with van der Waals surface area (Å²) in [6, 6.07) is 13.2. The molecule has 0 aliphatic heterocycles. The number of thiazole rings is 1. The van der Waals surface area contributed by atoms with E-state index in [1.165, 1.54) is 35.3 Å². The van der Waals surface area contributed by atoms with Gasteiger partial charge in [0.25, 0.3) is 5.69 Å². The largest absolute Gasteiger partial charge is 0.379 e. The molecule has 0 aliphatic rings. The van der Waals surface area contributed by atoms with Crippen molar-refractivity contribution in [1.82, 2.24) is 4.98 Å². The molecule has 3 rings (SSSR count). The first-order valence-electron chi connectivity index (χ1n) is 7.93. The summed E-state index contributed by atoms with van der Waals surface area (Å²) in [4.78, 5) is 28.5. The summed E-state index contributed by atoms with van der Waals surface area (Å²) in [5.74, 6) is -0.176. The number of nitro groups is 1. The van der Waals surface area contributed by atoms with Crippen LogP contribution in [0.1, 0.15) is 12.6 Å². The molecule has 1 heterocycles. The lowest BCUT2D eigenvalue weighted by Crippen LogP contribution is -2.22. The third kappa shape index (κ3) is 4.60. The SMILES string of the molecule is CC(=O)N(c1cccc(Cl)c1)c1nc(CNc2cccc([N+](=O)[O-])c2)cs1. The van der Waals surface area contributed by atoms with Gasteiger partial charge in [0.05, 0.1) is 22.8 Å². The van der Waals surface area contributed by atoms with Gasteiger partial charge in [0, 0.05) is 35.1 Å². The van der Waals surface area contributed by atoms with Crippen LogP contribution in [0.2, 0.25) is 5.02 Å². The maximum atomic E-state index is 12.1. The van der Waals surface area contributed by atoms with Gasteiger partial charge in [-0.15, -0.1) is 11.3 Å². The van der Waals surface area contributed by atoms with Crippen LogP contribution in [0.4, 0.5) is 22.2 Å². The average molecular weight is 403 g/mol. The highest BCUT2D eigenvalue weighted by Crippen LogP contribution is 2.30. The van der Waals surface area contributed by atoms with E-state index in [1.54, 1.807) is 36.4 Å². The molecular weight excluding hydrogens is 388 g/mol. The molecule has 0 bridgehead atoms. The Morgan fingerprint density at radius 3 is 2.78 bits per heavy atom. The van der Waals surface area contributed by atoms with Gasteiger partial charge in [-0.1, -0.05) is 23.7 Å². The van der Waals surface area contributed by atoms with Crippen molar-refractivity contribution in [3.05, 3.63) is 74.7 Å². The molecule has 27 heavy (non-hydrogen) atoms. The molecular formula is C18H15ClN4O3S. The molecule has 2 aromatic carbocycles. The second kappa shape index (κ2) is 8.15. The Morgan fingerprint density at radius 2 is 2.07 bits per heavy atom. The van der Waals surface area contributed by atoms with E-state index in [2.05, 4.69) is 10.3 Å². The van der Waals surface area contributed by atoms with Crippen molar-refractivity contribution in [1.29, 1.82) is 0 Å². The van der Waals surface area contributed by atoms with Crippen molar-refractivity contribution >= 4 is 51.0 Å². The monoisotopic (exact) mass is 402 g/mol. The van der Waals surface area contributed by atoms with Crippen LogP contribution in [0.25, 0.3) is 0 Å². The third-order valence-corrected chi connectivity index (χ3v) is 4.75. The van der Waals surface area contributed by atoms with Crippen LogP contribution in [0.5, 0.6) is 0 Å². The number of benzene rings is 2. The number of amides is 1. The Balaban J connectivity index is 1.76. The molecule has 7 nitrogen and oxygen atoms in total. The molecule has 1 aromatic heterocycles. The second-order valence-corrected chi connectivity index (χ2v) is 6.89. The number of hydrogen-bond acceptors (Lipinski definition) is 6. The number of hydrogen-bond donors (Lipinski definition) is 1. The first kappa shape index (κ1) is 18.8. The van der Waals surface area contributed by atoms with Gasteiger partial charge in [-0.2, -0.15) is 0 Å². The summed E-state index contributed by atoms with van der Waals surface area (Å²) in [5.41, 5.74) is 2.00. The molecule has 0 fully saturated rings. The van der Waals surface area contributed by atoms with Crippen molar-refractivity contribution in [2.45, 2.75) is 13.5 Å². The maximum Gasteiger partial charge on any atom is 0.271 e. The predicted octanol–water partition coefficient (Wildman–Crippen LogP) is 5.00. The molecule has 3 aromatic rings. The van der Waals surface area contributed by atoms with Crippen LogP contribution in [0.15, 0.2) is 53.9 Å². The summed E-state index contributed by atoms with van der Waals surface area (Å²) in [6.07, 6.45) is 0. The Morgan fingerprint density at radius 1 is 1.30 bits per heavy atom. The Bertz CT molecular complexity index is 992. The average Bonchev–Trinajstić information content (AvgIpc) is 3.08. The summed E-state index contributed by atoms with van der Waals surface area (Å²) in [5, 5.41) is 16.8. The number of rotatable bonds is 6. The van der Waals surface area contributed by atoms with Gasteiger partial charge in [-0.3, -0.25) is 19.8 Å². The Labute approximate surface area is 164 Å². The van der Waals surface area contributed by atoms with E-state index < -0.39 is 4.92 Å². The van der Waals surface area contributed by atoms with Gasteiger partial charge in [0.1, 0.15) is 0 Å². The van der Waals surface area contributed by atoms with Crippen molar-refractivity contribution in [2.24, 2.45) is 0 Å². The van der Waals surface area contributed by atoms with Crippen LogP contribution >= 0.6 is 22.9 Å². The predicted molar refractivity (Wildman–Crippen MR) is 107 cm³/mol. The van der Waals surface area contributed by atoms with E-state index in [9.17, 15) is 14.9 Å². The van der Waals surface area contributed by atoms with Crippen LogP contribution < -0.4 is 10.2 Å². The lowest BCUT2D eigenvalue weighted by molar-refractivity contribution is -0.384. The number of nitrogens with zero attached hydrogens (tertiary/aromatic N) is 3. The van der Waals surface area contributed by atoms with E-state index in [1.807, 2.05) is 5.38 Å². The molecule has 0 radical (unpaired) electrons. The molecule has 1 amide bonds. The van der Waals surface area contributed by atoms with Crippen LogP contribution in [-0.2, 0) is 11.3 Å². The van der Waals surface area contributed by atoms with E-state index in [0.717, 1.165) is 5.69 Å².